The fourth-order valence-corrected chi connectivity index (χ4v) is 1.69. The van der Waals surface area contributed by atoms with Gasteiger partial charge in [0.25, 0.3) is 0 Å². The lowest BCUT2D eigenvalue weighted by molar-refractivity contribution is 0.131. The summed E-state index contributed by atoms with van der Waals surface area (Å²) in [5.41, 5.74) is 12.2. The molecule has 0 radical (unpaired) electrons. The van der Waals surface area contributed by atoms with Crippen molar-refractivity contribution in [2.75, 3.05) is 39.3 Å². The average molecular weight is 256 g/mol. The van der Waals surface area contributed by atoms with E-state index in [0.717, 1.165) is 44.2 Å². The van der Waals surface area contributed by atoms with E-state index in [0.29, 0.717) is 0 Å². The molecule has 5 heteroatoms. The Morgan fingerprint density at radius 3 is 2.11 bits per heavy atom. The first-order valence-corrected chi connectivity index (χ1v) is 6.61. The van der Waals surface area contributed by atoms with Crippen molar-refractivity contribution < 1.29 is 5.11 Å². The van der Waals surface area contributed by atoms with Crippen LogP contribution in [0.25, 0.3) is 0 Å². The van der Waals surface area contributed by atoms with Crippen LogP contribution in [0.3, 0.4) is 0 Å². The Bertz CT molecular complexity index is 264. The van der Waals surface area contributed by atoms with E-state index >= 15 is 0 Å². The Balaban J connectivity index is 0.00000137. The standard InChI is InChI=1S/C11H22N4O.C2H6/c1-10(12)2-3-11(13)15-6-4-14(5-7-15)8-9-16;1-2/h2-3,16H,4-9,12-13H2,1H3;1-2H3/b10-2-,11-3+;. The van der Waals surface area contributed by atoms with E-state index in [-0.39, 0.29) is 6.61 Å². The van der Waals surface area contributed by atoms with Gasteiger partial charge >= 0.3 is 0 Å². The summed E-state index contributed by atoms with van der Waals surface area (Å²) in [6.45, 7) is 10.5. The normalized spacial score (nSPS) is 18.3. The third-order valence-electron chi connectivity index (χ3n) is 2.67. The third kappa shape index (κ3) is 6.51. The Kier molecular flexibility index (Phi) is 9.14. The predicted molar refractivity (Wildman–Crippen MR) is 76.7 cm³/mol. The molecule has 1 rings (SSSR count). The summed E-state index contributed by atoms with van der Waals surface area (Å²) in [5, 5.41) is 8.83. The van der Waals surface area contributed by atoms with Crippen LogP contribution in [-0.4, -0.2) is 54.2 Å². The van der Waals surface area contributed by atoms with Crippen LogP contribution in [0.1, 0.15) is 20.8 Å². The molecule has 18 heavy (non-hydrogen) atoms. The van der Waals surface area contributed by atoms with Crippen LogP contribution in [0, 0.1) is 0 Å². The van der Waals surface area contributed by atoms with E-state index < -0.39 is 0 Å². The average Bonchev–Trinajstić information content (AvgIpc) is 2.39. The second kappa shape index (κ2) is 9.79. The van der Waals surface area contributed by atoms with Crippen molar-refractivity contribution in [3.8, 4) is 0 Å². The minimum absolute atomic E-state index is 0.223. The van der Waals surface area contributed by atoms with Gasteiger partial charge in [-0.1, -0.05) is 13.8 Å². The lowest BCUT2D eigenvalue weighted by atomic mass is 10.3. The third-order valence-corrected chi connectivity index (χ3v) is 2.67. The maximum Gasteiger partial charge on any atom is 0.0987 e. The van der Waals surface area contributed by atoms with Gasteiger partial charge in [0.2, 0.25) is 0 Å². The summed E-state index contributed by atoms with van der Waals surface area (Å²) in [4.78, 5) is 4.36. The lowest BCUT2D eigenvalue weighted by Gasteiger charge is -2.35. The summed E-state index contributed by atoms with van der Waals surface area (Å²) >= 11 is 0. The molecule has 5 nitrogen and oxygen atoms in total. The number of hydrogen-bond acceptors (Lipinski definition) is 5. The van der Waals surface area contributed by atoms with Crippen molar-refractivity contribution in [1.82, 2.24) is 9.80 Å². The smallest absolute Gasteiger partial charge is 0.0987 e. The Hall–Kier alpha value is -1.20. The van der Waals surface area contributed by atoms with Crippen LogP contribution >= 0.6 is 0 Å². The molecule has 1 heterocycles. The molecule has 0 bridgehead atoms. The Morgan fingerprint density at radius 1 is 1.11 bits per heavy atom. The summed E-state index contributed by atoms with van der Waals surface area (Å²) in [5.74, 6) is 0.758. The molecule has 0 amide bonds. The van der Waals surface area contributed by atoms with E-state index in [2.05, 4.69) is 9.80 Å². The zero-order valence-electron chi connectivity index (χ0n) is 11.9. The van der Waals surface area contributed by atoms with Gasteiger partial charge in [0.15, 0.2) is 0 Å². The number of β-amino-alcohol motifs (C(OH)–C–C–N with tert-alkyl or cyclic N) is 1. The molecule has 106 valence electrons. The summed E-state index contributed by atoms with van der Waals surface area (Å²) in [6.07, 6.45) is 3.66. The Morgan fingerprint density at radius 2 is 1.67 bits per heavy atom. The molecule has 0 unspecified atom stereocenters. The van der Waals surface area contributed by atoms with Gasteiger partial charge in [-0.25, -0.2) is 0 Å². The molecule has 0 saturated carbocycles. The van der Waals surface area contributed by atoms with Crippen molar-refractivity contribution in [1.29, 1.82) is 0 Å². The van der Waals surface area contributed by atoms with Crippen LogP contribution in [0.15, 0.2) is 23.7 Å². The molecule has 1 aliphatic heterocycles. The molecule has 0 spiro atoms. The molecule has 0 atom stereocenters. The van der Waals surface area contributed by atoms with Gasteiger partial charge in [0.1, 0.15) is 0 Å². The summed E-state index contributed by atoms with van der Waals surface area (Å²) in [7, 11) is 0. The summed E-state index contributed by atoms with van der Waals surface area (Å²) in [6, 6.07) is 0. The molecule has 5 N–H and O–H groups in total. The van der Waals surface area contributed by atoms with Gasteiger partial charge in [-0.05, 0) is 19.1 Å². The first-order chi connectivity index (χ1) is 8.63. The highest BCUT2D eigenvalue weighted by molar-refractivity contribution is 5.12. The molecular formula is C13H28N4O. The fraction of sp³-hybridized carbons (Fsp3) is 0.692. The highest BCUT2D eigenvalue weighted by Gasteiger charge is 2.16. The number of nitrogens with two attached hydrogens (primary N) is 2. The number of piperazine rings is 1. The van der Waals surface area contributed by atoms with Crippen molar-refractivity contribution in [3.63, 3.8) is 0 Å². The van der Waals surface area contributed by atoms with E-state index in [1.807, 2.05) is 32.9 Å². The van der Waals surface area contributed by atoms with Crippen LogP contribution < -0.4 is 11.5 Å². The molecule has 0 aliphatic carbocycles. The number of rotatable bonds is 4. The summed E-state index contributed by atoms with van der Waals surface area (Å²) < 4.78 is 0. The monoisotopic (exact) mass is 256 g/mol. The maximum atomic E-state index is 8.83. The van der Waals surface area contributed by atoms with Crippen molar-refractivity contribution in [3.05, 3.63) is 23.7 Å². The van der Waals surface area contributed by atoms with Crippen molar-refractivity contribution in [2.24, 2.45) is 11.5 Å². The topological polar surface area (TPSA) is 78.8 Å². The minimum atomic E-state index is 0.223. The van der Waals surface area contributed by atoms with Gasteiger partial charge in [-0.3, -0.25) is 4.90 Å². The molecular weight excluding hydrogens is 228 g/mol. The van der Waals surface area contributed by atoms with Crippen LogP contribution in [0.2, 0.25) is 0 Å². The van der Waals surface area contributed by atoms with Crippen LogP contribution in [0.5, 0.6) is 0 Å². The molecule has 1 fully saturated rings. The van der Waals surface area contributed by atoms with Gasteiger partial charge in [0, 0.05) is 38.4 Å². The van der Waals surface area contributed by atoms with Crippen LogP contribution in [-0.2, 0) is 0 Å². The number of aliphatic hydroxyl groups excluding tert-OH is 1. The number of aliphatic hydroxyl groups is 1. The minimum Gasteiger partial charge on any atom is -0.402 e. The highest BCUT2D eigenvalue weighted by Crippen LogP contribution is 2.05. The molecule has 1 aliphatic rings. The van der Waals surface area contributed by atoms with E-state index in [1.54, 1.807) is 0 Å². The zero-order valence-corrected chi connectivity index (χ0v) is 11.9. The first-order valence-electron chi connectivity index (χ1n) is 6.61. The van der Waals surface area contributed by atoms with Gasteiger partial charge in [-0.2, -0.15) is 0 Å². The van der Waals surface area contributed by atoms with E-state index in [9.17, 15) is 0 Å². The number of hydrogen-bond donors (Lipinski definition) is 3. The molecule has 0 aromatic heterocycles. The zero-order chi connectivity index (χ0) is 14.0. The second-order valence-corrected chi connectivity index (χ2v) is 4.05. The highest BCUT2D eigenvalue weighted by atomic mass is 16.3. The van der Waals surface area contributed by atoms with E-state index in [4.69, 9.17) is 16.6 Å². The van der Waals surface area contributed by atoms with E-state index in [1.165, 1.54) is 0 Å². The number of nitrogens with zero attached hydrogens (tertiary/aromatic N) is 2. The first kappa shape index (κ1) is 16.8. The molecule has 0 aromatic carbocycles. The lowest BCUT2D eigenvalue weighted by Crippen LogP contribution is -2.47. The largest absolute Gasteiger partial charge is 0.402 e. The van der Waals surface area contributed by atoms with Gasteiger partial charge < -0.3 is 21.5 Å². The van der Waals surface area contributed by atoms with Gasteiger partial charge in [0.05, 0.1) is 12.4 Å². The molecule has 0 aromatic rings. The quantitative estimate of drug-likeness (QED) is 0.630. The van der Waals surface area contributed by atoms with Gasteiger partial charge in [-0.15, -0.1) is 0 Å². The SMILES string of the molecule is C/C(N)=C/C=C(\N)N1CCN(CCO)CC1.CC. The second-order valence-electron chi connectivity index (χ2n) is 4.05. The van der Waals surface area contributed by atoms with Crippen LogP contribution in [0.4, 0.5) is 0 Å². The number of allylic oxidation sites excluding steroid dienone is 3. The molecule has 1 saturated heterocycles. The predicted octanol–water partition coefficient (Wildman–Crippen LogP) is 0.285. The van der Waals surface area contributed by atoms with Crippen molar-refractivity contribution >= 4 is 0 Å². The fourth-order valence-electron chi connectivity index (χ4n) is 1.69. The van der Waals surface area contributed by atoms with Crippen molar-refractivity contribution in [2.45, 2.75) is 20.8 Å². The maximum absolute atomic E-state index is 8.83. The Labute approximate surface area is 111 Å².